The molecule has 3 N–H and O–H groups in total. The SMILES string of the molecule is C=CCC(NC(=O)C1C2C(CN1C(=O)[C@@H](NC(=O)OC(C)(C)C)C1CCCC1)C2(C)C)C(=O)C(=O)NCCCCC(=O)OC(C)(C)C. The van der Waals surface area contributed by atoms with Crippen molar-refractivity contribution < 1.29 is 38.2 Å². The maximum Gasteiger partial charge on any atom is 0.408 e. The highest BCUT2D eigenvalue weighted by Crippen LogP contribution is 2.65. The maximum atomic E-state index is 14.2. The molecule has 0 aromatic carbocycles. The van der Waals surface area contributed by atoms with Gasteiger partial charge >= 0.3 is 12.1 Å². The predicted octanol–water partition coefficient (Wildman–Crippen LogP) is 3.81. The van der Waals surface area contributed by atoms with Crippen LogP contribution in [-0.4, -0.2) is 82.9 Å². The number of alkyl carbamates (subject to hydrolysis) is 1. The summed E-state index contributed by atoms with van der Waals surface area (Å²) in [5, 5.41) is 8.14. The Kier molecular flexibility index (Phi) is 12.3. The minimum atomic E-state index is -1.16. The van der Waals surface area contributed by atoms with Crippen molar-refractivity contribution in [3.05, 3.63) is 12.7 Å². The van der Waals surface area contributed by atoms with Crippen LogP contribution in [0.1, 0.15) is 107 Å². The number of ketones is 1. The van der Waals surface area contributed by atoms with Crippen LogP contribution >= 0.6 is 0 Å². The Morgan fingerprint density at radius 3 is 2.13 bits per heavy atom. The molecule has 1 aliphatic heterocycles. The number of esters is 1. The normalized spacial score (nSPS) is 23.1. The summed E-state index contributed by atoms with van der Waals surface area (Å²) in [5.41, 5.74) is -1.50. The van der Waals surface area contributed by atoms with Crippen LogP contribution in [0.3, 0.4) is 0 Å². The minimum absolute atomic E-state index is 0.0275. The number of hydrogen-bond acceptors (Lipinski definition) is 8. The Morgan fingerprint density at radius 1 is 0.936 bits per heavy atom. The van der Waals surface area contributed by atoms with Gasteiger partial charge in [0.15, 0.2) is 0 Å². The van der Waals surface area contributed by atoms with Gasteiger partial charge in [0.05, 0.1) is 0 Å². The lowest BCUT2D eigenvalue weighted by atomic mass is 9.94. The number of likely N-dealkylation sites (tertiary alicyclic amines) is 1. The number of rotatable bonds is 14. The summed E-state index contributed by atoms with van der Waals surface area (Å²) in [4.78, 5) is 80.3. The molecule has 3 rings (SSSR count). The van der Waals surface area contributed by atoms with E-state index in [9.17, 15) is 28.8 Å². The molecule has 3 fully saturated rings. The average molecular weight is 661 g/mol. The second-order valence-electron chi connectivity index (χ2n) is 15.8. The van der Waals surface area contributed by atoms with Crippen molar-refractivity contribution in [1.82, 2.24) is 20.9 Å². The minimum Gasteiger partial charge on any atom is -0.460 e. The number of carbonyl (C=O) groups excluding carboxylic acids is 6. The molecule has 12 nitrogen and oxygen atoms in total. The smallest absolute Gasteiger partial charge is 0.408 e. The van der Waals surface area contributed by atoms with Crippen molar-refractivity contribution in [2.45, 2.75) is 136 Å². The highest BCUT2D eigenvalue weighted by Gasteiger charge is 2.69. The highest BCUT2D eigenvalue weighted by atomic mass is 16.6. The van der Waals surface area contributed by atoms with Crippen LogP contribution in [0.25, 0.3) is 0 Å². The molecule has 1 saturated heterocycles. The number of Topliss-reactive ketones (excluding diaryl/α,β-unsaturated/α-hetero) is 1. The second kappa shape index (κ2) is 15.2. The van der Waals surface area contributed by atoms with E-state index in [2.05, 4.69) is 36.4 Å². The molecule has 0 bridgehead atoms. The maximum absolute atomic E-state index is 14.2. The fourth-order valence-corrected chi connectivity index (χ4v) is 6.99. The van der Waals surface area contributed by atoms with Gasteiger partial charge in [-0.1, -0.05) is 32.8 Å². The number of hydrogen-bond donors (Lipinski definition) is 3. The van der Waals surface area contributed by atoms with Gasteiger partial charge in [-0.25, -0.2) is 4.79 Å². The molecule has 1 heterocycles. The third-order valence-electron chi connectivity index (χ3n) is 9.34. The van der Waals surface area contributed by atoms with Gasteiger partial charge in [-0.2, -0.15) is 0 Å². The summed E-state index contributed by atoms with van der Waals surface area (Å²) in [6, 6.07) is -2.86. The first-order valence-corrected chi connectivity index (χ1v) is 17.0. The lowest BCUT2D eigenvalue weighted by molar-refractivity contribution is -0.155. The van der Waals surface area contributed by atoms with Gasteiger partial charge in [-0.3, -0.25) is 24.0 Å². The van der Waals surface area contributed by atoms with E-state index in [1.807, 2.05) is 0 Å². The Hall–Kier alpha value is -3.44. The largest absolute Gasteiger partial charge is 0.460 e. The van der Waals surface area contributed by atoms with Crippen molar-refractivity contribution >= 4 is 35.6 Å². The first-order valence-electron chi connectivity index (χ1n) is 17.0. The molecule has 12 heteroatoms. The van der Waals surface area contributed by atoms with Crippen LogP contribution in [-0.2, 0) is 33.4 Å². The van der Waals surface area contributed by atoms with Crippen molar-refractivity contribution in [1.29, 1.82) is 0 Å². The highest BCUT2D eigenvalue weighted by molar-refractivity contribution is 6.38. The molecule has 0 radical (unpaired) electrons. The quantitative estimate of drug-likeness (QED) is 0.110. The zero-order chi connectivity index (χ0) is 35.3. The molecule has 47 heavy (non-hydrogen) atoms. The molecule has 5 atom stereocenters. The van der Waals surface area contributed by atoms with E-state index in [0.29, 0.717) is 19.4 Å². The molecular weight excluding hydrogens is 604 g/mol. The summed E-state index contributed by atoms with van der Waals surface area (Å²) in [7, 11) is 0. The monoisotopic (exact) mass is 660 g/mol. The topological polar surface area (TPSA) is 160 Å². The standard InChI is InChI=1S/C35H56N4O8/c1-10-15-23(28(41)30(43)36-19-14-13-18-24(40)46-33(2,3)4)37-29(42)27-25-22(35(25,8)9)20-39(27)31(44)26(21-16-11-12-17-21)38-32(45)47-34(5,6)7/h10,21-23,25-27H,1,11-20H2,2-9H3,(H,36,43)(H,37,42)(H,38,45)/t22?,23?,25?,26-,27?/m0/s1. The van der Waals surface area contributed by atoms with E-state index < -0.39 is 53.0 Å². The Labute approximate surface area is 279 Å². The first kappa shape index (κ1) is 38.0. The third kappa shape index (κ3) is 10.3. The van der Waals surface area contributed by atoms with Gasteiger partial charge in [0.25, 0.3) is 5.91 Å². The van der Waals surface area contributed by atoms with Crippen molar-refractivity contribution in [2.75, 3.05) is 13.1 Å². The Morgan fingerprint density at radius 2 is 1.55 bits per heavy atom. The molecule has 264 valence electrons. The summed E-state index contributed by atoms with van der Waals surface area (Å²) < 4.78 is 10.8. The third-order valence-corrected chi connectivity index (χ3v) is 9.34. The number of nitrogens with one attached hydrogen (secondary N) is 3. The number of piperidine rings is 1. The van der Waals surface area contributed by atoms with Gasteiger partial charge in [0, 0.05) is 19.5 Å². The number of amides is 4. The van der Waals surface area contributed by atoms with E-state index in [-0.39, 0.29) is 54.4 Å². The molecule has 0 spiro atoms. The van der Waals surface area contributed by atoms with Crippen LogP contribution < -0.4 is 16.0 Å². The molecule has 2 saturated carbocycles. The predicted molar refractivity (Wildman–Crippen MR) is 176 cm³/mol. The molecule has 3 aliphatic rings. The molecular formula is C35H56N4O8. The summed E-state index contributed by atoms with van der Waals surface area (Å²) in [5.74, 6) is -2.95. The van der Waals surface area contributed by atoms with Gasteiger partial charge in [0.1, 0.15) is 29.3 Å². The zero-order valence-corrected chi connectivity index (χ0v) is 29.5. The van der Waals surface area contributed by atoms with Crippen LogP contribution in [0.4, 0.5) is 4.79 Å². The van der Waals surface area contributed by atoms with E-state index >= 15 is 0 Å². The number of carbonyl (C=O) groups is 6. The van der Waals surface area contributed by atoms with Gasteiger partial charge in [0.2, 0.25) is 17.6 Å². The molecule has 0 aromatic heterocycles. The van der Waals surface area contributed by atoms with E-state index in [4.69, 9.17) is 9.47 Å². The second-order valence-corrected chi connectivity index (χ2v) is 15.8. The zero-order valence-electron chi connectivity index (χ0n) is 29.5. The fourth-order valence-electron chi connectivity index (χ4n) is 6.99. The molecule has 0 aromatic rings. The van der Waals surface area contributed by atoms with Crippen LogP contribution in [0.5, 0.6) is 0 Å². The van der Waals surface area contributed by atoms with Crippen molar-refractivity contribution in [2.24, 2.45) is 23.2 Å². The van der Waals surface area contributed by atoms with Gasteiger partial charge < -0.3 is 30.3 Å². The molecule has 4 unspecified atom stereocenters. The van der Waals surface area contributed by atoms with Crippen molar-refractivity contribution in [3.8, 4) is 0 Å². The summed E-state index contributed by atoms with van der Waals surface area (Å²) in [6.07, 6.45) is 5.40. The van der Waals surface area contributed by atoms with Crippen LogP contribution in [0.2, 0.25) is 0 Å². The van der Waals surface area contributed by atoms with Crippen molar-refractivity contribution in [3.63, 3.8) is 0 Å². The summed E-state index contributed by atoms with van der Waals surface area (Å²) in [6.45, 7) is 19.0. The Balaban J connectivity index is 1.67. The van der Waals surface area contributed by atoms with Crippen LogP contribution in [0, 0.1) is 23.2 Å². The Bertz CT molecular complexity index is 1210. The van der Waals surface area contributed by atoms with Gasteiger partial charge in [-0.15, -0.1) is 6.58 Å². The number of unbranched alkanes of at least 4 members (excludes halogenated alkanes) is 1. The van der Waals surface area contributed by atoms with Gasteiger partial charge in [-0.05, 0) is 96.8 Å². The van der Waals surface area contributed by atoms with E-state index in [0.717, 1.165) is 25.7 Å². The lowest BCUT2D eigenvalue weighted by Gasteiger charge is -2.35. The van der Waals surface area contributed by atoms with E-state index in [1.54, 1.807) is 46.4 Å². The number of ether oxygens (including phenoxy) is 2. The molecule has 4 amide bonds. The number of nitrogens with zero attached hydrogens (tertiary/aromatic N) is 1. The lowest BCUT2D eigenvalue weighted by Crippen LogP contribution is -2.59. The number of fused-ring (bicyclic) bond motifs is 1. The average Bonchev–Trinajstić information content (AvgIpc) is 3.38. The van der Waals surface area contributed by atoms with Crippen LogP contribution in [0.15, 0.2) is 12.7 Å². The molecule has 2 aliphatic carbocycles. The first-order chi connectivity index (χ1) is 21.8. The van der Waals surface area contributed by atoms with E-state index in [1.165, 1.54) is 6.08 Å². The summed E-state index contributed by atoms with van der Waals surface area (Å²) >= 11 is 0. The fraction of sp³-hybridized carbons (Fsp3) is 0.771.